The van der Waals surface area contributed by atoms with Crippen molar-refractivity contribution in [3.05, 3.63) is 44.6 Å². The Morgan fingerprint density at radius 2 is 2.00 bits per heavy atom. The minimum Gasteiger partial charge on any atom is -0.344 e. The Balaban J connectivity index is 2.97. The zero-order valence-corrected chi connectivity index (χ0v) is 8.32. The van der Waals surface area contributed by atoms with Crippen LogP contribution in [0.4, 0.5) is 5.69 Å². The molecule has 5 nitrogen and oxygen atoms in total. The van der Waals surface area contributed by atoms with E-state index in [0.29, 0.717) is 10.9 Å². The van der Waals surface area contributed by atoms with Gasteiger partial charge >= 0.3 is 5.69 Å². The number of hydrogen-bond donors (Lipinski definition) is 2. The van der Waals surface area contributed by atoms with E-state index in [4.69, 9.17) is 0 Å². The highest BCUT2D eigenvalue weighted by atomic mass is 32.1. The molecule has 6 heteroatoms. The number of thiol groups is 1. The summed E-state index contributed by atoms with van der Waals surface area (Å²) in [6.07, 6.45) is 0. The summed E-state index contributed by atoms with van der Waals surface area (Å²) >= 11 is 3.89. The first kappa shape index (κ1) is 9.72. The lowest BCUT2D eigenvalue weighted by Crippen LogP contribution is -2.10. The highest BCUT2D eigenvalue weighted by Crippen LogP contribution is 2.19. The van der Waals surface area contributed by atoms with Crippen LogP contribution in [-0.2, 0) is 0 Å². The summed E-state index contributed by atoms with van der Waals surface area (Å²) in [6, 6.07) is 6.59. The van der Waals surface area contributed by atoms with Gasteiger partial charge in [0.05, 0.1) is 15.8 Å². The molecule has 0 atom stereocenters. The number of rotatable bonds is 1. The van der Waals surface area contributed by atoms with Crippen LogP contribution in [0.3, 0.4) is 0 Å². The van der Waals surface area contributed by atoms with Crippen LogP contribution in [0.25, 0.3) is 10.9 Å². The van der Waals surface area contributed by atoms with E-state index in [-0.39, 0.29) is 5.03 Å². The molecule has 0 aliphatic rings. The fraction of sp³-hybridized carbons (Fsp3) is 0. The molecule has 0 radical (unpaired) electrons. The molecule has 0 aliphatic heterocycles. The summed E-state index contributed by atoms with van der Waals surface area (Å²) < 4.78 is 0. The second kappa shape index (κ2) is 3.39. The summed E-state index contributed by atoms with van der Waals surface area (Å²) in [6.45, 7) is 0. The second-order valence-electron chi connectivity index (χ2n) is 2.95. The zero-order valence-electron chi connectivity index (χ0n) is 7.43. The monoisotopic (exact) mass is 222 g/mol. The molecule has 0 bridgehead atoms. The van der Waals surface area contributed by atoms with Gasteiger partial charge in [-0.25, -0.2) is 0 Å². The van der Waals surface area contributed by atoms with Gasteiger partial charge in [-0.1, -0.05) is 12.1 Å². The van der Waals surface area contributed by atoms with Crippen LogP contribution in [0, 0.1) is 10.1 Å². The predicted molar refractivity (Wildman–Crippen MR) is 58.5 cm³/mol. The van der Waals surface area contributed by atoms with Crippen LogP contribution in [0.15, 0.2) is 34.1 Å². The standard InChI is InChI=1S/C9H6N2O3S/c12-8-5-3-1-2-4-6(5)10-9(15)7(8)11(13)14/h1-4H,(H2,10,12,15). The minimum atomic E-state index is -0.729. The molecule has 0 amide bonds. The Kier molecular flexibility index (Phi) is 2.20. The molecule has 1 aromatic heterocycles. The zero-order chi connectivity index (χ0) is 11.0. The number of aromatic amines is 1. The van der Waals surface area contributed by atoms with E-state index >= 15 is 0 Å². The fourth-order valence-corrected chi connectivity index (χ4v) is 1.69. The van der Waals surface area contributed by atoms with E-state index in [9.17, 15) is 14.9 Å². The van der Waals surface area contributed by atoms with Gasteiger partial charge in [-0.3, -0.25) is 14.9 Å². The van der Waals surface area contributed by atoms with Gasteiger partial charge in [0.2, 0.25) is 0 Å². The van der Waals surface area contributed by atoms with E-state index in [0.717, 1.165) is 0 Å². The fourth-order valence-electron chi connectivity index (χ4n) is 1.38. The largest absolute Gasteiger partial charge is 0.346 e. The van der Waals surface area contributed by atoms with Crippen molar-refractivity contribution in [1.29, 1.82) is 0 Å². The van der Waals surface area contributed by atoms with Crippen molar-refractivity contribution in [3.63, 3.8) is 0 Å². The number of fused-ring (bicyclic) bond motifs is 1. The molecule has 1 heterocycles. The van der Waals surface area contributed by atoms with Crippen LogP contribution in [-0.4, -0.2) is 9.91 Å². The van der Waals surface area contributed by atoms with E-state index in [1.165, 1.54) is 6.07 Å². The Labute approximate surface area is 89.3 Å². The molecule has 1 aromatic carbocycles. The molecule has 0 fully saturated rings. The van der Waals surface area contributed by atoms with Crippen molar-refractivity contribution in [2.75, 3.05) is 0 Å². The van der Waals surface area contributed by atoms with Gasteiger partial charge in [-0.15, -0.1) is 12.6 Å². The summed E-state index contributed by atoms with van der Waals surface area (Å²) in [5.41, 5.74) is -0.588. The van der Waals surface area contributed by atoms with Crippen molar-refractivity contribution in [1.82, 2.24) is 4.98 Å². The van der Waals surface area contributed by atoms with Crippen LogP contribution in [0.5, 0.6) is 0 Å². The molecule has 0 spiro atoms. The summed E-state index contributed by atoms with van der Waals surface area (Å²) in [5.74, 6) is 0. The van der Waals surface area contributed by atoms with Crippen LogP contribution < -0.4 is 5.43 Å². The van der Waals surface area contributed by atoms with Crippen molar-refractivity contribution < 1.29 is 4.92 Å². The predicted octanol–water partition coefficient (Wildman–Crippen LogP) is 1.72. The van der Waals surface area contributed by atoms with Crippen LogP contribution >= 0.6 is 12.6 Å². The molecule has 0 saturated heterocycles. The quantitative estimate of drug-likeness (QED) is 0.438. The first-order valence-electron chi connectivity index (χ1n) is 4.09. The maximum Gasteiger partial charge on any atom is 0.346 e. The van der Waals surface area contributed by atoms with Gasteiger partial charge in [0.1, 0.15) is 0 Å². The Morgan fingerprint density at radius 1 is 1.33 bits per heavy atom. The minimum absolute atomic E-state index is 0.0244. The Morgan fingerprint density at radius 3 is 2.67 bits per heavy atom. The van der Waals surface area contributed by atoms with Gasteiger partial charge in [0.25, 0.3) is 5.43 Å². The lowest BCUT2D eigenvalue weighted by molar-refractivity contribution is -0.389. The maximum absolute atomic E-state index is 11.7. The van der Waals surface area contributed by atoms with E-state index in [2.05, 4.69) is 17.6 Å². The van der Waals surface area contributed by atoms with Gasteiger partial charge < -0.3 is 4.98 Å². The van der Waals surface area contributed by atoms with Crippen molar-refractivity contribution in [3.8, 4) is 0 Å². The average Bonchev–Trinajstić information content (AvgIpc) is 2.17. The van der Waals surface area contributed by atoms with Gasteiger partial charge in [-0.2, -0.15) is 0 Å². The molecular formula is C9H6N2O3S. The molecule has 1 N–H and O–H groups in total. The lowest BCUT2D eigenvalue weighted by atomic mass is 10.2. The molecule has 15 heavy (non-hydrogen) atoms. The number of aromatic nitrogens is 1. The van der Waals surface area contributed by atoms with E-state index in [1.54, 1.807) is 18.2 Å². The van der Waals surface area contributed by atoms with Crippen molar-refractivity contribution in [2.24, 2.45) is 0 Å². The first-order valence-corrected chi connectivity index (χ1v) is 4.54. The Hall–Kier alpha value is -1.82. The number of nitrogens with one attached hydrogen (secondary N) is 1. The lowest BCUT2D eigenvalue weighted by Gasteiger charge is -1.99. The van der Waals surface area contributed by atoms with E-state index in [1.807, 2.05) is 0 Å². The number of para-hydroxylation sites is 1. The SMILES string of the molecule is O=c1c([N+](=O)[O-])c(S)[nH]c2ccccc12. The molecule has 76 valence electrons. The smallest absolute Gasteiger partial charge is 0.344 e. The summed E-state index contributed by atoms with van der Waals surface area (Å²) in [4.78, 5) is 24.3. The third-order valence-corrected chi connectivity index (χ3v) is 2.37. The number of benzene rings is 1. The first-order chi connectivity index (χ1) is 7.11. The highest BCUT2D eigenvalue weighted by molar-refractivity contribution is 7.80. The normalized spacial score (nSPS) is 10.5. The van der Waals surface area contributed by atoms with Crippen LogP contribution in [0.2, 0.25) is 0 Å². The number of H-pyrrole nitrogens is 1. The number of hydrogen-bond acceptors (Lipinski definition) is 4. The van der Waals surface area contributed by atoms with Crippen LogP contribution in [0.1, 0.15) is 0 Å². The molecule has 2 aromatic rings. The number of pyridine rings is 1. The topological polar surface area (TPSA) is 76.0 Å². The molecule has 0 unspecified atom stereocenters. The molecule has 0 aliphatic carbocycles. The number of nitro groups is 1. The Bertz CT molecular complexity index is 606. The highest BCUT2D eigenvalue weighted by Gasteiger charge is 2.19. The van der Waals surface area contributed by atoms with Gasteiger partial charge in [-0.05, 0) is 12.1 Å². The third-order valence-electron chi connectivity index (χ3n) is 2.05. The summed E-state index contributed by atoms with van der Waals surface area (Å²) in [7, 11) is 0. The average molecular weight is 222 g/mol. The molecular weight excluding hydrogens is 216 g/mol. The molecule has 0 saturated carbocycles. The molecule has 2 rings (SSSR count). The second-order valence-corrected chi connectivity index (χ2v) is 3.40. The maximum atomic E-state index is 11.7. The third kappa shape index (κ3) is 1.48. The van der Waals surface area contributed by atoms with E-state index < -0.39 is 16.0 Å². The van der Waals surface area contributed by atoms with Crippen molar-refractivity contribution >= 4 is 29.2 Å². The van der Waals surface area contributed by atoms with Gasteiger partial charge in [0, 0.05) is 0 Å². The summed E-state index contributed by atoms with van der Waals surface area (Å²) in [5, 5.41) is 10.9. The van der Waals surface area contributed by atoms with Crippen molar-refractivity contribution in [2.45, 2.75) is 5.03 Å². The number of nitrogens with zero attached hydrogens (tertiary/aromatic N) is 1. The van der Waals surface area contributed by atoms with Gasteiger partial charge in [0.15, 0.2) is 5.03 Å².